The number of aryl methyl sites for hydroxylation is 1. The number of carbonyl (C=O) groups is 1. The molecule has 1 amide bonds. The van der Waals surface area contributed by atoms with Crippen LogP contribution in [0.25, 0.3) is 11.0 Å². The number of nitrogens with zero attached hydrogens (tertiary/aromatic N) is 1. The largest absolute Gasteiger partial charge is 0.448 e. The van der Waals surface area contributed by atoms with E-state index in [9.17, 15) is 9.18 Å². The zero-order valence-electron chi connectivity index (χ0n) is 14.9. The molecular weight excluding hydrogens is 331 g/mol. The van der Waals surface area contributed by atoms with Crippen molar-refractivity contribution in [3.05, 3.63) is 70.7 Å². The molecule has 4 nitrogen and oxygen atoms in total. The van der Waals surface area contributed by atoms with Crippen LogP contribution in [-0.2, 0) is 13.0 Å². The SMILES string of the molecule is Cc1c(C(=O)NC[C@@H]2Cc3ccccc3CN2C)oc2c(F)cccc12. The second kappa shape index (κ2) is 6.57. The molecule has 0 spiro atoms. The fraction of sp³-hybridized carbons (Fsp3) is 0.286. The third kappa shape index (κ3) is 2.88. The zero-order valence-corrected chi connectivity index (χ0v) is 14.9. The second-order valence-corrected chi connectivity index (χ2v) is 6.92. The Hall–Kier alpha value is -2.66. The highest BCUT2D eigenvalue weighted by atomic mass is 19.1. The van der Waals surface area contributed by atoms with Gasteiger partial charge in [0.25, 0.3) is 5.91 Å². The maximum absolute atomic E-state index is 13.9. The van der Waals surface area contributed by atoms with Crippen LogP contribution in [0.3, 0.4) is 0 Å². The molecule has 26 heavy (non-hydrogen) atoms. The molecule has 1 aromatic heterocycles. The van der Waals surface area contributed by atoms with E-state index in [2.05, 4.69) is 35.5 Å². The van der Waals surface area contributed by atoms with E-state index >= 15 is 0 Å². The minimum Gasteiger partial charge on any atom is -0.448 e. The van der Waals surface area contributed by atoms with Gasteiger partial charge in [-0.25, -0.2) is 4.39 Å². The zero-order chi connectivity index (χ0) is 18.3. The highest BCUT2D eigenvalue weighted by Gasteiger charge is 2.25. The third-order valence-corrected chi connectivity index (χ3v) is 5.24. The number of amides is 1. The minimum absolute atomic E-state index is 0.138. The van der Waals surface area contributed by atoms with Crippen LogP contribution in [0.15, 0.2) is 46.9 Å². The highest BCUT2D eigenvalue weighted by molar-refractivity contribution is 5.99. The van der Waals surface area contributed by atoms with E-state index in [1.807, 2.05) is 6.07 Å². The molecule has 1 aliphatic rings. The maximum atomic E-state index is 13.9. The van der Waals surface area contributed by atoms with Gasteiger partial charge in [-0.2, -0.15) is 0 Å². The van der Waals surface area contributed by atoms with Crippen LogP contribution in [0.2, 0.25) is 0 Å². The van der Waals surface area contributed by atoms with Crippen LogP contribution >= 0.6 is 0 Å². The van der Waals surface area contributed by atoms with Crippen LogP contribution in [0, 0.1) is 12.7 Å². The van der Waals surface area contributed by atoms with Gasteiger partial charge in [-0.3, -0.25) is 9.69 Å². The van der Waals surface area contributed by atoms with E-state index in [1.54, 1.807) is 19.1 Å². The number of likely N-dealkylation sites (N-methyl/N-ethyl adjacent to an activating group) is 1. The number of furan rings is 1. The van der Waals surface area contributed by atoms with Crippen molar-refractivity contribution in [2.24, 2.45) is 0 Å². The van der Waals surface area contributed by atoms with Gasteiger partial charge < -0.3 is 9.73 Å². The molecular formula is C21H21FN2O2. The van der Waals surface area contributed by atoms with Crippen molar-refractivity contribution in [2.75, 3.05) is 13.6 Å². The molecule has 1 atom stereocenters. The predicted molar refractivity (Wildman–Crippen MR) is 98.6 cm³/mol. The Balaban J connectivity index is 1.49. The van der Waals surface area contributed by atoms with Gasteiger partial charge in [0.05, 0.1) is 0 Å². The lowest BCUT2D eigenvalue weighted by molar-refractivity contribution is 0.0908. The van der Waals surface area contributed by atoms with Gasteiger partial charge in [-0.15, -0.1) is 0 Å². The summed E-state index contributed by atoms with van der Waals surface area (Å²) < 4.78 is 19.4. The van der Waals surface area contributed by atoms with Crippen molar-refractivity contribution in [1.29, 1.82) is 0 Å². The van der Waals surface area contributed by atoms with E-state index < -0.39 is 5.82 Å². The Bertz CT molecular complexity index is 979. The normalized spacial score (nSPS) is 17.3. The number of benzene rings is 2. The molecule has 0 fully saturated rings. The smallest absolute Gasteiger partial charge is 0.287 e. The molecule has 4 rings (SSSR count). The van der Waals surface area contributed by atoms with Crippen LogP contribution in [0.1, 0.15) is 27.2 Å². The molecule has 5 heteroatoms. The first-order chi connectivity index (χ1) is 12.5. The average Bonchev–Trinajstić information content (AvgIpc) is 2.98. The summed E-state index contributed by atoms with van der Waals surface area (Å²) in [5, 5.41) is 3.59. The fourth-order valence-corrected chi connectivity index (χ4v) is 3.66. The summed E-state index contributed by atoms with van der Waals surface area (Å²) in [5.74, 6) is -0.567. The average molecular weight is 352 g/mol. The molecule has 0 radical (unpaired) electrons. The summed E-state index contributed by atoms with van der Waals surface area (Å²) in [6.07, 6.45) is 0.890. The summed E-state index contributed by atoms with van der Waals surface area (Å²) in [7, 11) is 2.06. The van der Waals surface area contributed by atoms with Crippen molar-refractivity contribution >= 4 is 16.9 Å². The van der Waals surface area contributed by atoms with Crippen LogP contribution < -0.4 is 5.32 Å². The quantitative estimate of drug-likeness (QED) is 0.782. The number of hydrogen-bond acceptors (Lipinski definition) is 3. The van der Waals surface area contributed by atoms with Crippen molar-refractivity contribution in [3.63, 3.8) is 0 Å². The summed E-state index contributed by atoms with van der Waals surface area (Å²) in [6.45, 7) is 3.16. The number of halogens is 1. The van der Waals surface area contributed by atoms with Crippen molar-refractivity contribution in [3.8, 4) is 0 Å². The number of rotatable bonds is 3. The molecule has 0 bridgehead atoms. The lowest BCUT2D eigenvalue weighted by Crippen LogP contribution is -2.45. The van der Waals surface area contributed by atoms with Crippen molar-refractivity contribution < 1.29 is 13.6 Å². The second-order valence-electron chi connectivity index (χ2n) is 6.92. The van der Waals surface area contributed by atoms with Gasteiger partial charge in [-0.1, -0.05) is 36.4 Å². The standard InChI is InChI=1S/C21H21FN2O2/c1-13-17-8-5-9-18(22)20(17)26-19(13)21(25)23-11-16-10-14-6-3-4-7-15(14)12-24(16)2/h3-9,16H,10-12H2,1-2H3,(H,23,25)/t16-/m0/s1. The molecule has 3 aromatic rings. The highest BCUT2D eigenvalue weighted by Crippen LogP contribution is 2.27. The number of para-hydroxylation sites is 1. The number of nitrogens with one attached hydrogen (secondary N) is 1. The molecule has 0 saturated heterocycles. The van der Waals surface area contributed by atoms with Gasteiger partial charge in [-0.05, 0) is 37.6 Å². The summed E-state index contributed by atoms with van der Waals surface area (Å²) in [5.41, 5.74) is 3.46. The molecule has 0 aliphatic carbocycles. The molecule has 2 aromatic carbocycles. The molecule has 0 unspecified atom stereocenters. The van der Waals surface area contributed by atoms with E-state index in [0.717, 1.165) is 13.0 Å². The Labute approximate surface area is 151 Å². The molecule has 1 N–H and O–H groups in total. The fourth-order valence-electron chi connectivity index (χ4n) is 3.66. The lowest BCUT2D eigenvalue weighted by atomic mass is 9.94. The monoisotopic (exact) mass is 352 g/mol. The number of carbonyl (C=O) groups excluding carboxylic acids is 1. The predicted octanol–water partition coefficient (Wildman–Crippen LogP) is 3.67. The Morgan fingerprint density at radius 3 is 2.77 bits per heavy atom. The van der Waals surface area contributed by atoms with E-state index in [0.29, 0.717) is 17.5 Å². The Morgan fingerprint density at radius 1 is 1.23 bits per heavy atom. The van der Waals surface area contributed by atoms with Crippen LogP contribution in [-0.4, -0.2) is 30.4 Å². The molecule has 1 aliphatic heterocycles. The lowest BCUT2D eigenvalue weighted by Gasteiger charge is -2.34. The Kier molecular flexibility index (Phi) is 4.24. The first kappa shape index (κ1) is 16.8. The van der Waals surface area contributed by atoms with Crippen LogP contribution in [0.5, 0.6) is 0 Å². The van der Waals surface area contributed by atoms with E-state index in [1.165, 1.54) is 17.2 Å². The van der Waals surface area contributed by atoms with Gasteiger partial charge in [0.2, 0.25) is 0 Å². The minimum atomic E-state index is -0.451. The molecule has 0 saturated carbocycles. The van der Waals surface area contributed by atoms with Crippen molar-refractivity contribution in [2.45, 2.75) is 25.9 Å². The molecule has 134 valence electrons. The maximum Gasteiger partial charge on any atom is 0.287 e. The first-order valence-corrected chi connectivity index (χ1v) is 8.77. The summed E-state index contributed by atoms with van der Waals surface area (Å²) in [6, 6.07) is 13.3. The first-order valence-electron chi connectivity index (χ1n) is 8.77. The van der Waals surface area contributed by atoms with Gasteiger partial charge >= 0.3 is 0 Å². The van der Waals surface area contributed by atoms with Crippen LogP contribution in [0.4, 0.5) is 4.39 Å². The topological polar surface area (TPSA) is 45.5 Å². The van der Waals surface area contributed by atoms with Gasteiger partial charge in [0.1, 0.15) is 0 Å². The van der Waals surface area contributed by atoms with Gasteiger partial charge in [0, 0.05) is 30.1 Å². The third-order valence-electron chi connectivity index (χ3n) is 5.24. The van der Waals surface area contributed by atoms with E-state index in [-0.39, 0.29) is 23.3 Å². The Morgan fingerprint density at radius 2 is 2.00 bits per heavy atom. The van der Waals surface area contributed by atoms with Crippen molar-refractivity contribution in [1.82, 2.24) is 10.2 Å². The number of fused-ring (bicyclic) bond motifs is 2. The summed E-state index contributed by atoms with van der Waals surface area (Å²) in [4.78, 5) is 14.8. The van der Waals surface area contributed by atoms with Gasteiger partial charge in [0.15, 0.2) is 17.2 Å². The summed E-state index contributed by atoms with van der Waals surface area (Å²) >= 11 is 0. The number of hydrogen-bond donors (Lipinski definition) is 1. The molecule has 2 heterocycles. The van der Waals surface area contributed by atoms with E-state index in [4.69, 9.17) is 4.42 Å².